The van der Waals surface area contributed by atoms with Gasteiger partial charge in [0.2, 0.25) is 0 Å². The third kappa shape index (κ3) is 3.46. The van der Waals surface area contributed by atoms with E-state index in [4.69, 9.17) is 4.98 Å². The summed E-state index contributed by atoms with van der Waals surface area (Å²) >= 11 is 2.23. The number of carbonyl (C=O) groups is 1. The molecule has 1 aromatic heterocycles. The molecule has 0 saturated carbocycles. The standard InChI is InChI=1S/C22H15IN2O/c23-16-9-6-10-17(13-16)24-22(26)19-14-21(15-7-2-1-3-8-15)25-20-12-5-4-11-18(19)20/h1-14H,(H,24,26). The summed E-state index contributed by atoms with van der Waals surface area (Å²) in [6.07, 6.45) is 0. The number of hydrogen-bond donors (Lipinski definition) is 1. The summed E-state index contributed by atoms with van der Waals surface area (Å²) in [4.78, 5) is 17.7. The number of carbonyl (C=O) groups excluding carboxylic acids is 1. The van der Waals surface area contributed by atoms with Crippen molar-refractivity contribution in [3.05, 3.63) is 94.1 Å². The van der Waals surface area contributed by atoms with E-state index in [2.05, 4.69) is 27.9 Å². The molecule has 0 spiro atoms. The van der Waals surface area contributed by atoms with Crippen LogP contribution in [0.25, 0.3) is 22.2 Å². The molecule has 0 atom stereocenters. The molecule has 4 heteroatoms. The molecule has 1 heterocycles. The lowest BCUT2D eigenvalue weighted by Gasteiger charge is -2.11. The molecular formula is C22H15IN2O. The number of nitrogens with zero attached hydrogens (tertiary/aromatic N) is 1. The summed E-state index contributed by atoms with van der Waals surface area (Å²) in [7, 11) is 0. The van der Waals surface area contributed by atoms with Crippen LogP contribution in [0.15, 0.2) is 84.9 Å². The number of fused-ring (bicyclic) bond motifs is 1. The van der Waals surface area contributed by atoms with Crippen LogP contribution in [0.3, 0.4) is 0 Å². The van der Waals surface area contributed by atoms with Crippen LogP contribution in [0.2, 0.25) is 0 Å². The Bertz CT molecular complexity index is 1090. The Labute approximate surface area is 165 Å². The first kappa shape index (κ1) is 16.7. The normalized spacial score (nSPS) is 10.7. The minimum atomic E-state index is -0.136. The Hall–Kier alpha value is -2.73. The molecule has 4 aromatic rings. The van der Waals surface area contributed by atoms with Gasteiger partial charge in [-0.15, -0.1) is 0 Å². The van der Waals surface area contributed by atoms with Crippen molar-refractivity contribution in [2.75, 3.05) is 5.32 Å². The van der Waals surface area contributed by atoms with Crippen LogP contribution in [0, 0.1) is 3.57 Å². The molecule has 0 aliphatic carbocycles. The molecule has 0 aliphatic heterocycles. The Morgan fingerprint density at radius 1 is 0.846 bits per heavy atom. The van der Waals surface area contributed by atoms with Crippen molar-refractivity contribution >= 4 is 45.1 Å². The highest BCUT2D eigenvalue weighted by atomic mass is 127. The van der Waals surface area contributed by atoms with Gasteiger partial charge in [0.05, 0.1) is 16.8 Å². The van der Waals surface area contributed by atoms with Crippen molar-refractivity contribution in [2.24, 2.45) is 0 Å². The van der Waals surface area contributed by atoms with E-state index in [1.807, 2.05) is 84.9 Å². The van der Waals surface area contributed by atoms with E-state index >= 15 is 0 Å². The van der Waals surface area contributed by atoms with Gasteiger partial charge in [-0.1, -0.05) is 54.6 Å². The Morgan fingerprint density at radius 3 is 2.42 bits per heavy atom. The molecule has 3 nitrogen and oxygen atoms in total. The molecular weight excluding hydrogens is 435 g/mol. The molecule has 4 rings (SSSR count). The van der Waals surface area contributed by atoms with Gasteiger partial charge in [0, 0.05) is 20.2 Å². The Kier molecular flexibility index (Phi) is 4.67. The molecule has 0 radical (unpaired) electrons. The third-order valence-electron chi connectivity index (χ3n) is 4.11. The first-order valence-corrected chi connectivity index (χ1v) is 9.31. The van der Waals surface area contributed by atoms with Crippen molar-refractivity contribution in [3.8, 4) is 11.3 Å². The van der Waals surface area contributed by atoms with Crippen LogP contribution in [0.1, 0.15) is 10.4 Å². The molecule has 3 aromatic carbocycles. The number of pyridine rings is 1. The van der Waals surface area contributed by atoms with Crippen molar-refractivity contribution in [1.82, 2.24) is 4.98 Å². The first-order valence-electron chi connectivity index (χ1n) is 8.23. The third-order valence-corrected chi connectivity index (χ3v) is 4.78. The summed E-state index contributed by atoms with van der Waals surface area (Å²) in [5, 5.41) is 3.84. The average molecular weight is 450 g/mol. The second kappa shape index (κ2) is 7.25. The van der Waals surface area contributed by atoms with E-state index in [1.54, 1.807) is 0 Å². The van der Waals surface area contributed by atoms with Gasteiger partial charge in [-0.25, -0.2) is 4.98 Å². The first-order chi connectivity index (χ1) is 12.7. The largest absolute Gasteiger partial charge is 0.322 e. The Balaban J connectivity index is 1.81. The summed E-state index contributed by atoms with van der Waals surface area (Å²) in [6.45, 7) is 0. The van der Waals surface area contributed by atoms with Gasteiger partial charge in [0.15, 0.2) is 0 Å². The number of para-hydroxylation sites is 1. The summed E-state index contributed by atoms with van der Waals surface area (Å²) < 4.78 is 1.07. The molecule has 0 fully saturated rings. The molecule has 1 N–H and O–H groups in total. The lowest BCUT2D eigenvalue weighted by atomic mass is 10.0. The molecule has 1 amide bonds. The highest BCUT2D eigenvalue weighted by molar-refractivity contribution is 14.1. The molecule has 0 saturated heterocycles. The quantitative estimate of drug-likeness (QED) is 0.404. The van der Waals surface area contributed by atoms with Gasteiger partial charge in [-0.3, -0.25) is 4.79 Å². The van der Waals surface area contributed by atoms with Gasteiger partial charge in [-0.05, 0) is 52.9 Å². The van der Waals surface area contributed by atoms with E-state index in [0.29, 0.717) is 5.56 Å². The number of halogens is 1. The maximum atomic E-state index is 13.0. The van der Waals surface area contributed by atoms with E-state index in [-0.39, 0.29) is 5.91 Å². The van der Waals surface area contributed by atoms with Gasteiger partial charge in [0.25, 0.3) is 5.91 Å². The monoisotopic (exact) mass is 450 g/mol. The van der Waals surface area contributed by atoms with E-state index in [0.717, 1.165) is 31.4 Å². The fraction of sp³-hybridized carbons (Fsp3) is 0. The molecule has 0 bridgehead atoms. The predicted octanol–water partition coefficient (Wildman–Crippen LogP) is 5.76. The second-order valence-electron chi connectivity index (χ2n) is 5.90. The number of anilines is 1. The fourth-order valence-corrected chi connectivity index (χ4v) is 3.43. The number of nitrogens with one attached hydrogen (secondary N) is 1. The van der Waals surface area contributed by atoms with Crippen LogP contribution in [-0.4, -0.2) is 10.9 Å². The van der Waals surface area contributed by atoms with Crippen LogP contribution in [-0.2, 0) is 0 Å². The topological polar surface area (TPSA) is 42.0 Å². The fourth-order valence-electron chi connectivity index (χ4n) is 2.88. The minimum absolute atomic E-state index is 0.136. The minimum Gasteiger partial charge on any atom is -0.322 e. The van der Waals surface area contributed by atoms with Crippen LogP contribution < -0.4 is 5.32 Å². The Morgan fingerprint density at radius 2 is 1.62 bits per heavy atom. The van der Waals surface area contributed by atoms with Gasteiger partial charge in [-0.2, -0.15) is 0 Å². The maximum absolute atomic E-state index is 13.0. The lowest BCUT2D eigenvalue weighted by Crippen LogP contribution is -2.13. The maximum Gasteiger partial charge on any atom is 0.256 e. The van der Waals surface area contributed by atoms with Gasteiger partial charge >= 0.3 is 0 Å². The van der Waals surface area contributed by atoms with Crippen molar-refractivity contribution in [1.29, 1.82) is 0 Å². The van der Waals surface area contributed by atoms with Gasteiger partial charge in [0.1, 0.15) is 0 Å². The highest BCUT2D eigenvalue weighted by Crippen LogP contribution is 2.25. The number of hydrogen-bond acceptors (Lipinski definition) is 2. The van der Waals surface area contributed by atoms with Crippen LogP contribution >= 0.6 is 22.6 Å². The summed E-state index contributed by atoms with van der Waals surface area (Å²) in [6, 6.07) is 27.2. The van der Waals surface area contributed by atoms with Crippen molar-refractivity contribution in [3.63, 3.8) is 0 Å². The van der Waals surface area contributed by atoms with Crippen LogP contribution in [0.4, 0.5) is 5.69 Å². The zero-order chi connectivity index (χ0) is 17.9. The van der Waals surface area contributed by atoms with Crippen molar-refractivity contribution < 1.29 is 4.79 Å². The zero-order valence-corrected chi connectivity index (χ0v) is 16.0. The number of rotatable bonds is 3. The van der Waals surface area contributed by atoms with E-state index < -0.39 is 0 Å². The van der Waals surface area contributed by atoms with Crippen LogP contribution in [0.5, 0.6) is 0 Å². The van der Waals surface area contributed by atoms with Gasteiger partial charge < -0.3 is 5.32 Å². The number of aromatic nitrogens is 1. The highest BCUT2D eigenvalue weighted by Gasteiger charge is 2.14. The summed E-state index contributed by atoms with van der Waals surface area (Å²) in [5.41, 5.74) is 3.98. The molecule has 26 heavy (non-hydrogen) atoms. The summed E-state index contributed by atoms with van der Waals surface area (Å²) in [5.74, 6) is -0.136. The van der Waals surface area contributed by atoms with E-state index in [1.165, 1.54) is 0 Å². The second-order valence-corrected chi connectivity index (χ2v) is 7.15. The molecule has 0 unspecified atom stereocenters. The molecule has 126 valence electrons. The smallest absolute Gasteiger partial charge is 0.256 e. The van der Waals surface area contributed by atoms with Crippen molar-refractivity contribution in [2.45, 2.75) is 0 Å². The van der Waals surface area contributed by atoms with E-state index in [9.17, 15) is 4.79 Å². The number of amides is 1. The lowest BCUT2D eigenvalue weighted by molar-refractivity contribution is 0.102. The SMILES string of the molecule is O=C(Nc1cccc(I)c1)c1cc(-c2ccccc2)nc2ccccc12. The average Bonchev–Trinajstić information content (AvgIpc) is 2.68. The zero-order valence-electron chi connectivity index (χ0n) is 13.8. The number of benzene rings is 3. The predicted molar refractivity (Wildman–Crippen MR) is 114 cm³/mol. The molecule has 0 aliphatic rings.